The second kappa shape index (κ2) is 8.08. The molecule has 3 aliphatic heterocycles. The summed E-state index contributed by atoms with van der Waals surface area (Å²) in [5.41, 5.74) is 3.94. The number of pyridine rings is 1. The van der Waals surface area contributed by atoms with Gasteiger partial charge in [-0.1, -0.05) is 24.8 Å². The Morgan fingerprint density at radius 3 is 2.74 bits per heavy atom. The predicted octanol–water partition coefficient (Wildman–Crippen LogP) is 3.75. The number of aryl methyl sites for hydroxylation is 1. The SMILES string of the molecule is C=C1c2c(C)c(=O)c(C(=O)NCc3cccc(C)c3F)c3n2C(CC3)C2N1C[C@H](C)N2C(C)C. The fourth-order valence-electron chi connectivity index (χ4n) is 6.40. The number of benzene rings is 1. The van der Waals surface area contributed by atoms with Crippen LogP contribution in [0.2, 0.25) is 0 Å². The molecule has 1 fully saturated rings. The molecular weight excluding hydrogens is 431 g/mol. The molecule has 7 heteroatoms. The Morgan fingerprint density at radius 2 is 2.03 bits per heavy atom. The molecule has 6 nitrogen and oxygen atoms in total. The van der Waals surface area contributed by atoms with E-state index in [2.05, 4.69) is 47.0 Å². The van der Waals surface area contributed by atoms with E-state index in [1.165, 1.54) is 0 Å². The molecule has 0 saturated carbocycles. The van der Waals surface area contributed by atoms with Crippen molar-refractivity contribution in [3.05, 3.63) is 74.5 Å². The minimum Gasteiger partial charge on any atom is -0.351 e. The minimum absolute atomic E-state index is 0.0389. The van der Waals surface area contributed by atoms with E-state index < -0.39 is 5.91 Å². The fourth-order valence-corrected chi connectivity index (χ4v) is 6.40. The van der Waals surface area contributed by atoms with Gasteiger partial charge in [-0.25, -0.2) is 4.39 Å². The Labute approximate surface area is 200 Å². The van der Waals surface area contributed by atoms with Gasteiger partial charge in [0.05, 0.1) is 17.4 Å². The van der Waals surface area contributed by atoms with Crippen LogP contribution >= 0.6 is 0 Å². The maximum Gasteiger partial charge on any atom is 0.257 e. The fraction of sp³-hybridized carbons (Fsp3) is 0.481. The number of aromatic nitrogens is 1. The lowest BCUT2D eigenvalue weighted by Gasteiger charge is -2.45. The minimum atomic E-state index is -0.437. The van der Waals surface area contributed by atoms with E-state index in [0.717, 1.165) is 30.1 Å². The first-order chi connectivity index (χ1) is 16.1. The van der Waals surface area contributed by atoms with Crippen LogP contribution in [-0.2, 0) is 13.0 Å². The lowest BCUT2D eigenvalue weighted by Crippen LogP contribution is -2.51. The van der Waals surface area contributed by atoms with Gasteiger partial charge in [-0.05, 0) is 53.0 Å². The van der Waals surface area contributed by atoms with E-state index in [4.69, 9.17) is 0 Å². The molecule has 0 spiro atoms. The van der Waals surface area contributed by atoms with Crippen molar-refractivity contribution in [2.45, 2.75) is 78.3 Å². The molecule has 1 N–H and O–H groups in total. The number of nitrogens with one attached hydrogen (secondary N) is 1. The van der Waals surface area contributed by atoms with Crippen LogP contribution in [0.25, 0.3) is 5.70 Å². The van der Waals surface area contributed by atoms with Crippen molar-refractivity contribution in [1.29, 1.82) is 0 Å². The number of hydrogen-bond acceptors (Lipinski definition) is 4. The van der Waals surface area contributed by atoms with Gasteiger partial charge in [-0.3, -0.25) is 14.5 Å². The normalized spacial score (nSPS) is 23.4. The third kappa shape index (κ3) is 3.17. The highest BCUT2D eigenvalue weighted by molar-refractivity contribution is 5.96. The van der Waals surface area contributed by atoms with Crippen LogP contribution in [0.3, 0.4) is 0 Å². The van der Waals surface area contributed by atoms with E-state index in [0.29, 0.717) is 35.2 Å². The van der Waals surface area contributed by atoms with Gasteiger partial charge in [0, 0.05) is 42.0 Å². The van der Waals surface area contributed by atoms with Gasteiger partial charge < -0.3 is 14.8 Å². The Morgan fingerprint density at radius 1 is 1.29 bits per heavy atom. The molecular formula is C27H33FN4O2. The number of fused-ring (bicyclic) bond motifs is 2. The zero-order valence-electron chi connectivity index (χ0n) is 20.6. The first-order valence-corrected chi connectivity index (χ1v) is 12.2. The second-order valence-electron chi connectivity index (χ2n) is 10.2. The number of hydrogen-bond donors (Lipinski definition) is 1. The van der Waals surface area contributed by atoms with Crippen LogP contribution in [0, 0.1) is 19.7 Å². The summed E-state index contributed by atoms with van der Waals surface area (Å²) in [6.45, 7) is 15.5. The van der Waals surface area contributed by atoms with E-state index in [9.17, 15) is 14.0 Å². The summed E-state index contributed by atoms with van der Waals surface area (Å²) in [5, 5.41) is 2.81. The summed E-state index contributed by atoms with van der Waals surface area (Å²) in [6, 6.07) is 6.02. The van der Waals surface area contributed by atoms with Gasteiger partial charge in [0.2, 0.25) is 0 Å². The largest absolute Gasteiger partial charge is 0.351 e. The third-order valence-corrected chi connectivity index (χ3v) is 7.85. The monoisotopic (exact) mass is 464 g/mol. The molecule has 0 radical (unpaired) electrons. The predicted molar refractivity (Wildman–Crippen MR) is 131 cm³/mol. The average molecular weight is 465 g/mol. The quantitative estimate of drug-likeness (QED) is 0.749. The maximum atomic E-state index is 14.4. The number of carbonyl (C=O) groups excluding carboxylic acids is 1. The summed E-state index contributed by atoms with van der Waals surface area (Å²) >= 11 is 0. The highest BCUT2D eigenvalue weighted by Gasteiger charge is 2.50. The molecule has 0 bridgehead atoms. The molecule has 34 heavy (non-hydrogen) atoms. The van der Waals surface area contributed by atoms with Crippen molar-refractivity contribution in [3.63, 3.8) is 0 Å². The topological polar surface area (TPSA) is 57.6 Å². The zero-order chi connectivity index (χ0) is 24.5. The number of carbonyl (C=O) groups is 1. The molecule has 3 aliphatic rings. The van der Waals surface area contributed by atoms with Crippen molar-refractivity contribution < 1.29 is 9.18 Å². The lowest BCUT2D eigenvalue weighted by molar-refractivity contribution is 0.0688. The van der Waals surface area contributed by atoms with Gasteiger partial charge in [-0.2, -0.15) is 0 Å². The molecule has 2 aromatic rings. The van der Waals surface area contributed by atoms with Crippen LogP contribution in [0.4, 0.5) is 4.39 Å². The molecule has 1 aromatic carbocycles. The van der Waals surface area contributed by atoms with Crippen LogP contribution in [-0.4, -0.2) is 45.1 Å². The maximum absolute atomic E-state index is 14.4. The molecule has 1 amide bonds. The molecule has 0 aliphatic carbocycles. The Hall–Kier alpha value is -2.93. The number of nitrogens with zero attached hydrogens (tertiary/aromatic N) is 3. The third-order valence-electron chi connectivity index (χ3n) is 7.85. The van der Waals surface area contributed by atoms with Gasteiger partial charge in [0.25, 0.3) is 5.91 Å². The summed E-state index contributed by atoms with van der Waals surface area (Å²) in [7, 11) is 0. The van der Waals surface area contributed by atoms with E-state index in [-0.39, 0.29) is 35.6 Å². The first kappa shape index (κ1) is 22.8. The highest BCUT2D eigenvalue weighted by atomic mass is 19.1. The summed E-state index contributed by atoms with van der Waals surface area (Å²) in [6.07, 6.45) is 1.69. The Bertz CT molecular complexity index is 1260. The van der Waals surface area contributed by atoms with Crippen molar-refractivity contribution in [2.75, 3.05) is 6.54 Å². The van der Waals surface area contributed by atoms with Gasteiger partial charge >= 0.3 is 0 Å². The van der Waals surface area contributed by atoms with E-state index in [1.54, 1.807) is 32.0 Å². The summed E-state index contributed by atoms with van der Waals surface area (Å²) < 4.78 is 16.7. The number of rotatable bonds is 4. The smallest absolute Gasteiger partial charge is 0.257 e. The van der Waals surface area contributed by atoms with Crippen LogP contribution in [0.1, 0.15) is 71.7 Å². The van der Waals surface area contributed by atoms with Gasteiger partial charge in [0.1, 0.15) is 17.5 Å². The second-order valence-corrected chi connectivity index (χ2v) is 10.2. The van der Waals surface area contributed by atoms with Gasteiger partial charge in [-0.15, -0.1) is 0 Å². The standard InChI is InChI=1S/C27H33FN4O2/c1-14(2)31-16(4)13-30-18(6)24-17(5)25(33)22(20-10-11-21(27(30)31)32(20)24)26(34)29-12-19-9-7-8-15(3)23(19)28/h7-9,14,16,21,27H,6,10-13H2,1-5H3,(H,29,34)/t16-,21?,27?/m0/s1. The van der Waals surface area contributed by atoms with Crippen molar-refractivity contribution in [2.24, 2.45) is 0 Å². The van der Waals surface area contributed by atoms with Crippen molar-refractivity contribution >= 4 is 11.6 Å². The number of amides is 1. The molecule has 1 aromatic heterocycles. The van der Waals surface area contributed by atoms with E-state index in [1.807, 2.05) is 0 Å². The van der Waals surface area contributed by atoms with E-state index >= 15 is 0 Å². The van der Waals surface area contributed by atoms with Crippen molar-refractivity contribution in [3.8, 4) is 0 Å². The molecule has 180 valence electrons. The van der Waals surface area contributed by atoms with Crippen molar-refractivity contribution in [1.82, 2.24) is 19.7 Å². The summed E-state index contributed by atoms with van der Waals surface area (Å²) in [5.74, 6) is -0.764. The summed E-state index contributed by atoms with van der Waals surface area (Å²) in [4.78, 5) is 31.7. The molecule has 3 atom stereocenters. The first-order valence-electron chi connectivity index (χ1n) is 12.2. The lowest BCUT2D eigenvalue weighted by atomic mass is 10.0. The van der Waals surface area contributed by atoms with Gasteiger partial charge in [0.15, 0.2) is 5.43 Å². The van der Waals surface area contributed by atoms with Crippen LogP contribution in [0.15, 0.2) is 29.6 Å². The zero-order valence-corrected chi connectivity index (χ0v) is 20.6. The van der Waals surface area contributed by atoms with Crippen LogP contribution < -0.4 is 10.7 Å². The Kier molecular flexibility index (Phi) is 5.43. The van der Waals surface area contributed by atoms with Crippen LogP contribution in [0.5, 0.6) is 0 Å². The number of halogens is 1. The molecule has 2 unspecified atom stereocenters. The Balaban J connectivity index is 1.56. The molecule has 4 heterocycles. The molecule has 5 rings (SSSR count). The highest BCUT2D eigenvalue weighted by Crippen LogP contribution is 2.47. The molecule has 1 saturated heterocycles. The average Bonchev–Trinajstić information content (AvgIpc) is 3.36.